The molecular weight excluding hydrogens is 462 g/mol. The highest BCUT2D eigenvalue weighted by Gasteiger charge is 2.42. The van der Waals surface area contributed by atoms with Crippen LogP contribution in [0.25, 0.3) is 5.82 Å². The number of hydrogen-bond acceptors (Lipinski definition) is 7. The van der Waals surface area contributed by atoms with E-state index in [2.05, 4.69) is 40.3 Å². The van der Waals surface area contributed by atoms with Gasteiger partial charge in [0.1, 0.15) is 11.8 Å². The molecule has 5 heterocycles. The first-order valence-corrected chi connectivity index (χ1v) is 12.1. The van der Waals surface area contributed by atoms with Crippen LogP contribution in [-0.4, -0.2) is 26.4 Å². The highest BCUT2D eigenvalue weighted by Crippen LogP contribution is 2.48. The van der Waals surface area contributed by atoms with Crippen molar-refractivity contribution in [3.63, 3.8) is 0 Å². The first-order valence-electron chi connectivity index (χ1n) is 12.1. The molecule has 0 saturated carbocycles. The average molecular weight is 486 g/mol. The van der Waals surface area contributed by atoms with Crippen molar-refractivity contribution in [2.75, 3.05) is 10.2 Å². The highest BCUT2D eigenvalue weighted by molar-refractivity contribution is 6.51. The quantitative estimate of drug-likeness (QED) is 0.325. The standard InChI is InChI=1S/C29H23N7O/c1-18-9-7-10-20(17-18)31-27-29-33-28-25(19(2)34-36(28)24-14-5-6-15-30-24)26(23-13-8-16-37-23)35(29)22-12-4-3-11-21(22)32-27/h3-17,26H,1-2H3,(H,31,32)/t26-/m0/s1. The van der Waals surface area contributed by atoms with Crippen LogP contribution in [0.4, 0.5) is 22.9 Å². The summed E-state index contributed by atoms with van der Waals surface area (Å²) in [6.45, 7) is 4.07. The molecule has 1 N–H and O–H groups in total. The van der Waals surface area contributed by atoms with Gasteiger partial charge in [-0.1, -0.05) is 30.3 Å². The van der Waals surface area contributed by atoms with E-state index < -0.39 is 0 Å². The normalized spacial score (nSPS) is 15.8. The lowest BCUT2D eigenvalue weighted by Crippen LogP contribution is -2.46. The maximum atomic E-state index is 6.02. The molecule has 8 nitrogen and oxygen atoms in total. The minimum absolute atomic E-state index is 0.291. The van der Waals surface area contributed by atoms with E-state index in [-0.39, 0.29) is 6.04 Å². The van der Waals surface area contributed by atoms with Gasteiger partial charge in [0.15, 0.2) is 23.3 Å². The van der Waals surface area contributed by atoms with Gasteiger partial charge in [0.2, 0.25) is 0 Å². The van der Waals surface area contributed by atoms with Crippen LogP contribution in [0.3, 0.4) is 0 Å². The number of rotatable bonds is 3. The maximum Gasteiger partial charge on any atom is 0.179 e. The molecule has 0 radical (unpaired) electrons. The zero-order chi connectivity index (χ0) is 24.9. The second-order valence-corrected chi connectivity index (χ2v) is 9.09. The van der Waals surface area contributed by atoms with Crippen LogP contribution in [0, 0.1) is 13.8 Å². The van der Waals surface area contributed by atoms with E-state index in [1.807, 2.05) is 67.6 Å². The number of fused-ring (bicyclic) bond motifs is 4. The Kier molecular flexibility index (Phi) is 4.78. The number of benzene rings is 2. The van der Waals surface area contributed by atoms with Gasteiger partial charge in [-0.3, -0.25) is 0 Å². The predicted octanol–water partition coefficient (Wildman–Crippen LogP) is 6.27. The lowest BCUT2D eigenvalue weighted by Gasteiger charge is -2.39. The zero-order valence-electron chi connectivity index (χ0n) is 20.3. The third-order valence-electron chi connectivity index (χ3n) is 6.60. The average Bonchev–Trinajstić information content (AvgIpc) is 3.57. The molecule has 3 aromatic heterocycles. The summed E-state index contributed by atoms with van der Waals surface area (Å²) < 4.78 is 7.82. The Hall–Kier alpha value is -4.98. The number of pyridine rings is 1. The summed E-state index contributed by atoms with van der Waals surface area (Å²) in [7, 11) is 0. The predicted molar refractivity (Wildman–Crippen MR) is 145 cm³/mol. The molecule has 0 bridgehead atoms. The summed E-state index contributed by atoms with van der Waals surface area (Å²) in [5.74, 6) is 3.54. The van der Waals surface area contributed by atoms with Gasteiger partial charge in [0.05, 0.1) is 28.9 Å². The van der Waals surface area contributed by atoms with Crippen LogP contribution in [0.1, 0.15) is 28.6 Å². The van der Waals surface area contributed by atoms with Gasteiger partial charge < -0.3 is 14.6 Å². The molecule has 7 rings (SSSR count). The topological polar surface area (TPSA) is 83.8 Å². The van der Waals surface area contributed by atoms with E-state index in [0.717, 1.165) is 39.6 Å². The fourth-order valence-electron chi connectivity index (χ4n) is 5.01. The van der Waals surface area contributed by atoms with Gasteiger partial charge in [-0.15, -0.1) is 0 Å². The Morgan fingerprint density at radius 1 is 0.892 bits per heavy atom. The van der Waals surface area contributed by atoms with Gasteiger partial charge in [-0.25, -0.2) is 15.0 Å². The van der Waals surface area contributed by atoms with Crippen molar-refractivity contribution in [3.05, 3.63) is 114 Å². The van der Waals surface area contributed by atoms with Gasteiger partial charge in [-0.2, -0.15) is 9.78 Å². The van der Waals surface area contributed by atoms with Crippen molar-refractivity contribution in [3.8, 4) is 5.82 Å². The van der Waals surface area contributed by atoms with Crippen molar-refractivity contribution in [1.29, 1.82) is 0 Å². The third-order valence-corrected chi connectivity index (χ3v) is 6.60. The van der Waals surface area contributed by atoms with Crippen LogP contribution in [0.5, 0.6) is 0 Å². The molecule has 2 aromatic carbocycles. The van der Waals surface area contributed by atoms with Crippen molar-refractivity contribution in [2.45, 2.75) is 19.9 Å². The van der Waals surface area contributed by atoms with Crippen LogP contribution < -0.4 is 10.2 Å². The number of nitrogens with one attached hydrogen (secondary N) is 1. The van der Waals surface area contributed by atoms with Crippen molar-refractivity contribution < 1.29 is 4.42 Å². The van der Waals surface area contributed by atoms with Crippen LogP contribution >= 0.6 is 0 Å². The molecule has 37 heavy (non-hydrogen) atoms. The molecule has 0 fully saturated rings. The minimum atomic E-state index is -0.291. The summed E-state index contributed by atoms with van der Waals surface area (Å²) in [5, 5.41) is 8.40. The molecule has 8 heteroatoms. The van der Waals surface area contributed by atoms with E-state index in [1.54, 1.807) is 17.1 Å². The van der Waals surface area contributed by atoms with E-state index in [1.165, 1.54) is 0 Å². The largest absolute Gasteiger partial charge is 0.467 e. The fraction of sp³-hybridized carbons (Fsp3) is 0.103. The monoisotopic (exact) mass is 485 g/mol. The summed E-state index contributed by atoms with van der Waals surface area (Å²) in [6, 6.07) is 25.7. The second kappa shape index (κ2) is 8.30. The first-order chi connectivity index (χ1) is 18.2. The summed E-state index contributed by atoms with van der Waals surface area (Å²) >= 11 is 0. The van der Waals surface area contributed by atoms with Gasteiger partial charge in [0, 0.05) is 11.9 Å². The number of nitrogens with zero attached hydrogens (tertiary/aromatic N) is 6. The number of anilines is 2. The molecule has 2 aliphatic rings. The summed E-state index contributed by atoms with van der Waals surface area (Å²) in [5.41, 5.74) is 5.73. The van der Waals surface area contributed by atoms with E-state index in [4.69, 9.17) is 19.5 Å². The Morgan fingerprint density at radius 2 is 1.78 bits per heavy atom. The van der Waals surface area contributed by atoms with E-state index in [9.17, 15) is 0 Å². The maximum absolute atomic E-state index is 6.02. The molecular formula is C29H23N7O. The third kappa shape index (κ3) is 3.45. The molecule has 0 amide bonds. The lowest BCUT2D eigenvalue weighted by molar-refractivity contribution is 0.487. The molecule has 2 aliphatic heterocycles. The number of amidine groups is 2. The Bertz CT molecular complexity index is 1680. The molecule has 5 aromatic rings. The number of hydrogen-bond donors (Lipinski definition) is 1. The fourth-order valence-corrected chi connectivity index (χ4v) is 5.01. The molecule has 0 aliphatic carbocycles. The molecule has 0 unspecified atom stereocenters. The number of aryl methyl sites for hydroxylation is 2. The van der Waals surface area contributed by atoms with Gasteiger partial charge >= 0.3 is 0 Å². The Morgan fingerprint density at radius 3 is 2.59 bits per heavy atom. The van der Waals surface area contributed by atoms with Crippen molar-refractivity contribution >= 4 is 34.6 Å². The van der Waals surface area contributed by atoms with Gasteiger partial charge in [0.25, 0.3) is 0 Å². The number of aliphatic imine (C=N–C) groups is 2. The lowest BCUT2D eigenvalue weighted by atomic mass is 9.98. The first kappa shape index (κ1) is 21.3. The smallest absolute Gasteiger partial charge is 0.179 e. The molecule has 0 spiro atoms. The van der Waals surface area contributed by atoms with E-state index >= 15 is 0 Å². The number of para-hydroxylation sites is 2. The van der Waals surface area contributed by atoms with Crippen LogP contribution in [0.15, 0.2) is 106 Å². The molecule has 0 saturated heterocycles. The van der Waals surface area contributed by atoms with Crippen molar-refractivity contribution in [2.24, 2.45) is 9.98 Å². The highest BCUT2D eigenvalue weighted by atomic mass is 16.3. The van der Waals surface area contributed by atoms with Crippen LogP contribution in [-0.2, 0) is 0 Å². The Balaban J connectivity index is 1.49. The molecule has 1 atom stereocenters. The summed E-state index contributed by atoms with van der Waals surface area (Å²) in [6.07, 6.45) is 3.46. The van der Waals surface area contributed by atoms with Gasteiger partial charge in [-0.05, 0) is 67.9 Å². The van der Waals surface area contributed by atoms with Crippen LogP contribution in [0.2, 0.25) is 0 Å². The Labute approximate surface area is 213 Å². The SMILES string of the molecule is Cc1cccc(NC2=Nc3ccccc3N3C2=Nc2c(c(C)nn2-c2ccccn2)[C@@H]3c2ccco2)c1. The molecule has 180 valence electrons. The van der Waals surface area contributed by atoms with E-state index in [0.29, 0.717) is 23.3 Å². The van der Waals surface area contributed by atoms with Crippen molar-refractivity contribution in [1.82, 2.24) is 14.8 Å². The number of furan rings is 1. The second-order valence-electron chi connectivity index (χ2n) is 9.09. The summed E-state index contributed by atoms with van der Waals surface area (Å²) in [4.78, 5) is 16.9. The zero-order valence-corrected chi connectivity index (χ0v) is 20.3. The minimum Gasteiger partial charge on any atom is -0.467 e. The number of aromatic nitrogens is 3.